The summed E-state index contributed by atoms with van der Waals surface area (Å²) in [7, 11) is 0. The molecule has 0 saturated carbocycles. The summed E-state index contributed by atoms with van der Waals surface area (Å²) < 4.78 is 4.72. The number of carbonyl (C=O) groups is 2. The first-order valence-corrected chi connectivity index (χ1v) is 4.33. The van der Waals surface area contributed by atoms with Gasteiger partial charge >= 0.3 is 5.97 Å². The van der Waals surface area contributed by atoms with Crippen LogP contribution in [0.3, 0.4) is 0 Å². The fourth-order valence-electron chi connectivity index (χ4n) is 1.01. The molecule has 0 heterocycles. The Balaban J connectivity index is 4.24. The fourth-order valence-corrected chi connectivity index (χ4v) is 1.01. The molecule has 4 heteroatoms. The maximum Gasteiger partial charge on any atom is 0.311 e. The first kappa shape index (κ1) is 12.1. The van der Waals surface area contributed by atoms with Crippen molar-refractivity contribution in [2.75, 3.05) is 6.61 Å². The number of aliphatic hydroxyl groups excluding tert-OH is 1. The van der Waals surface area contributed by atoms with Crippen LogP contribution in [0, 0.1) is 5.92 Å². The zero-order valence-electron chi connectivity index (χ0n) is 8.24. The minimum absolute atomic E-state index is 0.0382. The number of ether oxygens (including phenoxy) is 1. The Bertz CT molecular complexity index is 186. The number of rotatable bonds is 5. The van der Waals surface area contributed by atoms with Crippen molar-refractivity contribution < 1.29 is 19.4 Å². The zero-order chi connectivity index (χ0) is 10.4. The molecule has 0 amide bonds. The van der Waals surface area contributed by atoms with Crippen LogP contribution in [-0.2, 0) is 14.3 Å². The number of aliphatic hydroxyl groups is 1. The Hall–Kier alpha value is -0.900. The monoisotopic (exact) mass is 188 g/mol. The Morgan fingerprint density at radius 3 is 2.31 bits per heavy atom. The minimum atomic E-state index is -0.844. The van der Waals surface area contributed by atoms with Crippen molar-refractivity contribution in [3.05, 3.63) is 0 Å². The summed E-state index contributed by atoms with van der Waals surface area (Å²) in [6.07, 6.45) is -0.806. The maximum absolute atomic E-state index is 11.2. The van der Waals surface area contributed by atoms with Crippen LogP contribution >= 0.6 is 0 Å². The van der Waals surface area contributed by atoms with E-state index in [2.05, 4.69) is 0 Å². The first-order chi connectivity index (χ1) is 5.99. The maximum atomic E-state index is 11.2. The molecular formula is C9H16O4. The Morgan fingerprint density at radius 1 is 1.46 bits per heavy atom. The molecule has 0 aliphatic carbocycles. The van der Waals surface area contributed by atoms with Gasteiger partial charge in [-0.2, -0.15) is 0 Å². The average Bonchev–Trinajstić information content (AvgIpc) is 1.99. The molecule has 0 aromatic heterocycles. The molecule has 0 saturated heterocycles. The normalized spacial score (nSPS) is 14.8. The molecule has 76 valence electrons. The molecule has 0 bridgehead atoms. The Kier molecular flexibility index (Phi) is 5.30. The van der Waals surface area contributed by atoms with Crippen molar-refractivity contribution in [1.29, 1.82) is 0 Å². The van der Waals surface area contributed by atoms with Crippen LogP contribution < -0.4 is 0 Å². The van der Waals surface area contributed by atoms with Crippen molar-refractivity contribution in [2.24, 2.45) is 5.92 Å². The molecular weight excluding hydrogens is 172 g/mol. The quantitative estimate of drug-likeness (QED) is 0.639. The predicted octanol–water partition coefficient (Wildman–Crippen LogP) is 0.526. The lowest BCUT2D eigenvalue weighted by atomic mass is 9.98. The minimum Gasteiger partial charge on any atom is -0.466 e. The second-order valence-corrected chi connectivity index (χ2v) is 3.01. The second-order valence-electron chi connectivity index (χ2n) is 3.01. The van der Waals surface area contributed by atoms with Crippen LogP contribution in [0.4, 0.5) is 0 Å². The van der Waals surface area contributed by atoms with E-state index >= 15 is 0 Å². The van der Waals surface area contributed by atoms with Crippen molar-refractivity contribution >= 4 is 11.8 Å². The van der Waals surface area contributed by atoms with Gasteiger partial charge in [0.15, 0.2) is 0 Å². The lowest BCUT2D eigenvalue weighted by molar-refractivity contribution is -0.153. The van der Waals surface area contributed by atoms with Crippen molar-refractivity contribution in [3.8, 4) is 0 Å². The third kappa shape index (κ3) is 4.62. The van der Waals surface area contributed by atoms with Crippen molar-refractivity contribution in [3.63, 3.8) is 0 Å². The smallest absolute Gasteiger partial charge is 0.311 e. The standard InChI is InChI=1S/C9H16O4/c1-4-13-9(12)8(7(3)11)5-6(2)10/h7-8,11H,4-5H2,1-3H3. The van der Waals surface area contributed by atoms with E-state index in [9.17, 15) is 14.7 Å². The molecule has 0 aromatic carbocycles. The predicted molar refractivity (Wildman–Crippen MR) is 47.1 cm³/mol. The molecule has 0 fully saturated rings. The highest BCUT2D eigenvalue weighted by Gasteiger charge is 2.26. The zero-order valence-corrected chi connectivity index (χ0v) is 8.24. The van der Waals surface area contributed by atoms with E-state index in [1.807, 2.05) is 0 Å². The number of hydrogen-bond acceptors (Lipinski definition) is 4. The summed E-state index contributed by atoms with van der Waals surface area (Å²) in [5.74, 6) is -1.36. The van der Waals surface area contributed by atoms with Gasteiger partial charge in [0, 0.05) is 6.42 Å². The van der Waals surface area contributed by atoms with Gasteiger partial charge in [-0.05, 0) is 20.8 Å². The molecule has 0 radical (unpaired) electrons. The SMILES string of the molecule is CCOC(=O)C(CC(C)=O)C(C)O. The molecule has 0 aromatic rings. The number of esters is 1. The molecule has 0 aliphatic heterocycles. The summed E-state index contributed by atoms with van der Waals surface area (Å²) in [4.78, 5) is 21.9. The van der Waals surface area contributed by atoms with Crippen LogP contribution in [0.2, 0.25) is 0 Å². The van der Waals surface area contributed by atoms with Gasteiger partial charge in [-0.1, -0.05) is 0 Å². The number of carbonyl (C=O) groups excluding carboxylic acids is 2. The lowest BCUT2D eigenvalue weighted by Crippen LogP contribution is -2.29. The van der Waals surface area contributed by atoms with E-state index in [0.29, 0.717) is 0 Å². The lowest BCUT2D eigenvalue weighted by Gasteiger charge is -2.16. The number of Topliss-reactive ketones (excluding diaryl/α,β-unsaturated/α-hetero) is 1. The average molecular weight is 188 g/mol. The highest BCUT2D eigenvalue weighted by atomic mass is 16.5. The van der Waals surface area contributed by atoms with Crippen LogP contribution in [0.15, 0.2) is 0 Å². The van der Waals surface area contributed by atoms with E-state index in [0.717, 1.165) is 0 Å². The van der Waals surface area contributed by atoms with E-state index in [-0.39, 0.29) is 18.8 Å². The molecule has 0 aliphatic rings. The van der Waals surface area contributed by atoms with Gasteiger partial charge in [0.1, 0.15) is 5.78 Å². The third-order valence-corrected chi connectivity index (χ3v) is 1.68. The van der Waals surface area contributed by atoms with Gasteiger partial charge in [0.25, 0.3) is 0 Å². The van der Waals surface area contributed by atoms with E-state index in [1.54, 1.807) is 6.92 Å². The molecule has 4 nitrogen and oxygen atoms in total. The molecule has 0 rings (SSSR count). The van der Waals surface area contributed by atoms with Crippen molar-refractivity contribution in [2.45, 2.75) is 33.3 Å². The third-order valence-electron chi connectivity index (χ3n) is 1.68. The first-order valence-electron chi connectivity index (χ1n) is 4.33. The van der Waals surface area contributed by atoms with Gasteiger partial charge < -0.3 is 14.6 Å². The van der Waals surface area contributed by atoms with E-state index < -0.39 is 18.0 Å². The fraction of sp³-hybridized carbons (Fsp3) is 0.778. The van der Waals surface area contributed by atoms with Crippen LogP contribution in [0.25, 0.3) is 0 Å². The summed E-state index contributed by atoms with van der Waals surface area (Å²) in [6.45, 7) is 4.81. The largest absolute Gasteiger partial charge is 0.466 e. The molecule has 1 N–H and O–H groups in total. The van der Waals surface area contributed by atoms with E-state index in [1.165, 1.54) is 13.8 Å². The van der Waals surface area contributed by atoms with Crippen LogP contribution in [-0.4, -0.2) is 29.6 Å². The highest BCUT2D eigenvalue weighted by Crippen LogP contribution is 2.11. The summed E-state index contributed by atoms with van der Waals surface area (Å²) in [5.41, 5.74) is 0. The van der Waals surface area contributed by atoms with Crippen LogP contribution in [0.5, 0.6) is 0 Å². The molecule has 2 unspecified atom stereocenters. The summed E-state index contributed by atoms with van der Waals surface area (Å²) in [5, 5.41) is 9.21. The van der Waals surface area contributed by atoms with Gasteiger partial charge in [0.2, 0.25) is 0 Å². The topological polar surface area (TPSA) is 63.6 Å². The second kappa shape index (κ2) is 5.70. The number of hydrogen-bond donors (Lipinski definition) is 1. The summed E-state index contributed by atoms with van der Waals surface area (Å²) >= 11 is 0. The van der Waals surface area contributed by atoms with Crippen LogP contribution in [0.1, 0.15) is 27.2 Å². The highest BCUT2D eigenvalue weighted by molar-refractivity contribution is 5.83. The van der Waals surface area contributed by atoms with Gasteiger partial charge in [0.05, 0.1) is 18.6 Å². The molecule has 2 atom stereocenters. The Morgan fingerprint density at radius 2 is 2.00 bits per heavy atom. The molecule has 0 spiro atoms. The number of ketones is 1. The molecule has 13 heavy (non-hydrogen) atoms. The van der Waals surface area contributed by atoms with Gasteiger partial charge in [-0.3, -0.25) is 4.79 Å². The van der Waals surface area contributed by atoms with Gasteiger partial charge in [-0.25, -0.2) is 0 Å². The van der Waals surface area contributed by atoms with Crippen molar-refractivity contribution in [1.82, 2.24) is 0 Å². The van der Waals surface area contributed by atoms with Gasteiger partial charge in [-0.15, -0.1) is 0 Å². The summed E-state index contributed by atoms with van der Waals surface area (Å²) in [6, 6.07) is 0. The van der Waals surface area contributed by atoms with E-state index in [4.69, 9.17) is 4.74 Å². The Labute approximate surface area is 77.9 Å².